The Morgan fingerprint density at radius 3 is 1.75 bits per heavy atom. The van der Waals surface area contributed by atoms with Crippen LogP contribution < -0.4 is 9.47 Å². The standard InChI is InChI=1S/C27H29NO4/c1-5-7-8-9-18-28-19-27(32-21-23-12-16-25(30-4)17-13-23)26(6-2)31-20-22-10-14-24(29-3)15-11-22/h5-19H,1-2,20-21H2,3-4H3/b8-7-,18-9-,27-26-,28-19-. The van der Waals surface area contributed by atoms with E-state index < -0.39 is 0 Å². The minimum absolute atomic E-state index is 0.342. The molecule has 0 saturated heterocycles. The van der Waals surface area contributed by atoms with Crippen molar-refractivity contribution in [1.82, 2.24) is 0 Å². The molecule has 0 amide bonds. The zero-order chi connectivity index (χ0) is 23.0. The van der Waals surface area contributed by atoms with Crippen LogP contribution in [0.5, 0.6) is 11.5 Å². The van der Waals surface area contributed by atoms with Crippen molar-refractivity contribution in [1.29, 1.82) is 0 Å². The zero-order valence-corrected chi connectivity index (χ0v) is 18.6. The lowest BCUT2D eigenvalue weighted by Gasteiger charge is -2.13. The first kappa shape index (κ1) is 24.3. The molecule has 32 heavy (non-hydrogen) atoms. The number of nitrogens with zero attached hydrogens (tertiary/aromatic N) is 1. The number of aliphatic imine (C=N–C) groups is 1. The Hall–Kier alpha value is -3.99. The van der Waals surface area contributed by atoms with Gasteiger partial charge in [-0.15, -0.1) is 0 Å². The second-order valence-electron chi connectivity index (χ2n) is 6.45. The predicted octanol–water partition coefficient (Wildman–Crippen LogP) is 6.16. The maximum absolute atomic E-state index is 6.01. The van der Waals surface area contributed by atoms with Crippen molar-refractivity contribution in [2.75, 3.05) is 14.2 Å². The largest absolute Gasteiger partial charge is 0.497 e. The van der Waals surface area contributed by atoms with Crippen LogP contribution in [-0.4, -0.2) is 20.4 Å². The second-order valence-corrected chi connectivity index (χ2v) is 6.45. The maximum Gasteiger partial charge on any atom is 0.179 e. The first-order valence-corrected chi connectivity index (χ1v) is 10.1. The van der Waals surface area contributed by atoms with Gasteiger partial charge in [-0.25, -0.2) is 0 Å². The highest BCUT2D eigenvalue weighted by Crippen LogP contribution is 2.17. The van der Waals surface area contributed by atoms with Crippen LogP contribution in [-0.2, 0) is 22.7 Å². The van der Waals surface area contributed by atoms with E-state index in [1.54, 1.807) is 44.9 Å². The van der Waals surface area contributed by atoms with Crippen LogP contribution in [0.3, 0.4) is 0 Å². The number of benzene rings is 2. The molecule has 2 aromatic rings. The van der Waals surface area contributed by atoms with Gasteiger partial charge in [-0.1, -0.05) is 55.7 Å². The Balaban J connectivity index is 2.16. The molecule has 0 bridgehead atoms. The number of ether oxygens (including phenoxy) is 4. The van der Waals surface area contributed by atoms with Gasteiger partial charge in [-0.3, -0.25) is 4.99 Å². The van der Waals surface area contributed by atoms with E-state index in [0.717, 1.165) is 22.6 Å². The minimum atomic E-state index is 0.342. The van der Waals surface area contributed by atoms with Crippen LogP contribution in [0.1, 0.15) is 11.1 Å². The molecule has 2 rings (SSSR count). The first-order valence-electron chi connectivity index (χ1n) is 10.1. The molecule has 0 N–H and O–H groups in total. The molecular weight excluding hydrogens is 402 g/mol. The van der Waals surface area contributed by atoms with E-state index in [2.05, 4.69) is 18.2 Å². The van der Waals surface area contributed by atoms with E-state index >= 15 is 0 Å². The average Bonchev–Trinajstić information content (AvgIpc) is 2.85. The summed E-state index contributed by atoms with van der Waals surface area (Å²) >= 11 is 0. The van der Waals surface area contributed by atoms with E-state index in [1.165, 1.54) is 0 Å². The van der Waals surface area contributed by atoms with E-state index in [4.69, 9.17) is 18.9 Å². The van der Waals surface area contributed by atoms with Crippen LogP contribution >= 0.6 is 0 Å². The molecule has 5 nitrogen and oxygen atoms in total. The van der Waals surface area contributed by atoms with Gasteiger partial charge in [0.1, 0.15) is 24.7 Å². The number of methoxy groups -OCH3 is 2. The molecule has 0 aliphatic rings. The molecule has 0 spiro atoms. The van der Waals surface area contributed by atoms with Gasteiger partial charge in [-0.2, -0.15) is 0 Å². The highest BCUT2D eigenvalue weighted by Gasteiger charge is 2.07. The van der Waals surface area contributed by atoms with Crippen molar-refractivity contribution in [3.8, 4) is 11.5 Å². The summed E-state index contributed by atoms with van der Waals surface area (Å²) in [6.07, 6.45) is 12.0. The zero-order valence-electron chi connectivity index (χ0n) is 18.6. The molecule has 0 atom stereocenters. The van der Waals surface area contributed by atoms with Gasteiger partial charge in [0.15, 0.2) is 11.5 Å². The summed E-state index contributed by atoms with van der Waals surface area (Å²) in [6, 6.07) is 15.3. The normalized spacial score (nSPS) is 12.1. The molecule has 2 aromatic carbocycles. The van der Waals surface area contributed by atoms with E-state index in [9.17, 15) is 0 Å². The average molecular weight is 432 g/mol. The Kier molecular flexibility index (Phi) is 10.7. The third kappa shape index (κ3) is 8.40. The summed E-state index contributed by atoms with van der Waals surface area (Å²) in [5.41, 5.74) is 1.98. The Labute approximate surface area is 190 Å². The fraction of sp³-hybridized carbons (Fsp3) is 0.148. The lowest BCUT2D eigenvalue weighted by molar-refractivity contribution is 0.161. The monoisotopic (exact) mass is 431 g/mol. The van der Waals surface area contributed by atoms with Crippen LogP contribution in [0, 0.1) is 0 Å². The third-order valence-electron chi connectivity index (χ3n) is 4.26. The molecule has 5 heteroatoms. The molecular formula is C27H29NO4. The first-order chi connectivity index (χ1) is 15.7. The summed E-state index contributed by atoms with van der Waals surface area (Å²) in [4.78, 5) is 4.29. The van der Waals surface area contributed by atoms with Crippen molar-refractivity contribution < 1.29 is 18.9 Å². The fourth-order valence-electron chi connectivity index (χ4n) is 2.52. The molecule has 0 fully saturated rings. The molecule has 0 saturated carbocycles. The van der Waals surface area contributed by atoms with Crippen LogP contribution in [0.25, 0.3) is 0 Å². The minimum Gasteiger partial charge on any atom is -0.497 e. The van der Waals surface area contributed by atoms with Crippen molar-refractivity contribution in [2.24, 2.45) is 4.99 Å². The highest BCUT2D eigenvalue weighted by molar-refractivity contribution is 5.77. The summed E-state index contributed by atoms with van der Waals surface area (Å²) in [5.74, 6) is 2.55. The van der Waals surface area contributed by atoms with Crippen LogP contribution in [0.15, 0.2) is 115 Å². The highest BCUT2D eigenvalue weighted by atomic mass is 16.5. The van der Waals surface area contributed by atoms with E-state index in [-0.39, 0.29) is 0 Å². The molecule has 0 aromatic heterocycles. The van der Waals surface area contributed by atoms with Gasteiger partial charge in [0, 0.05) is 6.20 Å². The quantitative estimate of drug-likeness (QED) is 0.216. The molecule has 0 heterocycles. The van der Waals surface area contributed by atoms with E-state index in [1.807, 2.05) is 60.7 Å². The predicted molar refractivity (Wildman–Crippen MR) is 130 cm³/mol. The van der Waals surface area contributed by atoms with Gasteiger partial charge < -0.3 is 18.9 Å². The van der Waals surface area contributed by atoms with E-state index in [0.29, 0.717) is 24.7 Å². The third-order valence-corrected chi connectivity index (χ3v) is 4.26. The summed E-state index contributed by atoms with van der Waals surface area (Å²) in [7, 11) is 3.27. The Bertz CT molecular complexity index is 968. The summed E-state index contributed by atoms with van der Waals surface area (Å²) < 4.78 is 22.4. The Morgan fingerprint density at radius 1 is 0.750 bits per heavy atom. The van der Waals surface area contributed by atoms with Crippen LogP contribution in [0.2, 0.25) is 0 Å². The van der Waals surface area contributed by atoms with Gasteiger partial charge in [0.2, 0.25) is 0 Å². The lowest BCUT2D eigenvalue weighted by Crippen LogP contribution is -2.02. The van der Waals surface area contributed by atoms with Crippen LogP contribution in [0.4, 0.5) is 0 Å². The van der Waals surface area contributed by atoms with Gasteiger partial charge >= 0.3 is 0 Å². The number of hydrogen-bond acceptors (Lipinski definition) is 5. The van der Waals surface area contributed by atoms with Gasteiger partial charge in [-0.05, 0) is 47.5 Å². The molecule has 0 unspecified atom stereocenters. The van der Waals surface area contributed by atoms with Crippen molar-refractivity contribution in [3.63, 3.8) is 0 Å². The summed E-state index contributed by atoms with van der Waals surface area (Å²) in [5, 5.41) is 0. The number of rotatable bonds is 13. The maximum atomic E-state index is 6.01. The fourth-order valence-corrected chi connectivity index (χ4v) is 2.52. The molecule has 0 aliphatic heterocycles. The number of hydrogen-bond donors (Lipinski definition) is 0. The molecule has 166 valence electrons. The van der Waals surface area contributed by atoms with Gasteiger partial charge in [0.25, 0.3) is 0 Å². The van der Waals surface area contributed by atoms with Crippen molar-refractivity contribution in [3.05, 3.63) is 121 Å². The SMILES string of the molecule is C=C\C=C/C=C\N=C/C(OCc1ccc(OC)cc1)=C(\C=C)OCc1ccc(OC)cc1. The molecule has 0 radical (unpaired) electrons. The van der Waals surface area contributed by atoms with Crippen molar-refractivity contribution >= 4 is 6.21 Å². The van der Waals surface area contributed by atoms with Gasteiger partial charge in [0.05, 0.1) is 20.4 Å². The summed E-state index contributed by atoms with van der Waals surface area (Å²) in [6.45, 7) is 8.19. The lowest BCUT2D eigenvalue weighted by atomic mass is 10.2. The smallest absolute Gasteiger partial charge is 0.179 e. The number of allylic oxidation sites excluding steroid dienone is 6. The van der Waals surface area contributed by atoms with Crippen molar-refractivity contribution in [2.45, 2.75) is 13.2 Å². The second kappa shape index (κ2) is 14.1. The molecule has 0 aliphatic carbocycles. The topological polar surface area (TPSA) is 49.3 Å². The Morgan fingerprint density at radius 2 is 1.28 bits per heavy atom.